The van der Waals surface area contributed by atoms with Gasteiger partial charge in [0, 0.05) is 7.05 Å². The topological polar surface area (TPSA) is 72.6 Å². The molecular formula is C14H15ClN2O3S. The van der Waals surface area contributed by atoms with E-state index in [0.29, 0.717) is 16.5 Å². The van der Waals surface area contributed by atoms with Gasteiger partial charge in [-0.05, 0) is 42.5 Å². The van der Waals surface area contributed by atoms with E-state index in [1.54, 1.807) is 31.4 Å². The van der Waals surface area contributed by atoms with Crippen molar-refractivity contribution in [2.45, 2.75) is 4.90 Å². The number of halogens is 1. The van der Waals surface area contributed by atoms with Crippen LogP contribution in [0.15, 0.2) is 47.4 Å². The lowest BCUT2D eigenvalue weighted by Gasteiger charge is -2.20. The smallest absolute Gasteiger partial charge is 0.264 e. The summed E-state index contributed by atoms with van der Waals surface area (Å²) in [4.78, 5) is 0.0859. The number of anilines is 2. The average Bonchev–Trinajstić information content (AvgIpc) is 2.49. The zero-order valence-corrected chi connectivity index (χ0v) is 13.1. The number of benzene rings is 2. The van der Waals surface area contributed by atoms with E-state index in [1.165, 1.54) is 29.6 Å². The highest BCUT2D eigenvalue weighted by Crippen LogP contribution is 2.27. The van der Waals surface area contributed by atoms with Crippen molar-refractivity contribution in [1.29, 1.82) is 0 Å². The molecule has 0 saturated heterocycles. The van der Waals surface area contributed by atoms with Crippen molar-refractivity contribution < 1.29 is 13.2 Å². The second-order valence-electron chi connectivity index (χ2n) is 4.35. The molecule has 0 bridgehead atoms. The fourth-order valence-corrected chi connectivity index (χ4v) is 3.12. The molecule has 21 heavy (non-hydrogen) atoms. The molecule has 0 aromatic heterocycles. The predicted octanol–water partition coefficient (Wildman–Crippen LogP) is 2.76. The van der Waals surface area contributed by atoms with Crippen molar-refractivity contribution >= 4 is 33.0 Å². The van der Waals surface area contributed by atoms with Crippen molar-refractivity contribution in [3.8, 4) is 5.75 Å². The number of methoxy groups -OCH3 is 1. The van der Waals surface area contributed by atoms with Gasteiger partial charge in [0.05, 0.1) is 28.4 Å². The maximum absolute atomic E-state index is 12.5. The number of nitrogen functional groups attached to an aromatic ring is 1. The number of rotatable bonds is 4. The summed E-state index contributed by atoms with van der Waals surface area (Å²) in [6.45, 7) is 0. The van der Waals surface area contributed by atoms with Crippen molar-refractivity contribution in [3.63, 3.8) is 0 Å². The summed E-state index contributed by atoms with van der Waals surface area (Å²) >= 11 is 5.81. The summed E-state index contributed by atoms with van der Waals surface area (Å²) in [5, 5.41) is 0.320. The van der Waals surface area contributed by atoms with Gasteiger partial charge in [0.25, 0.3) is 10.0 Å². The van der Waals surface area contributed by atoms with Crippen LogP contribution < -0.4 is 14.8 Å². The van der Waals surface area contributed by atoms with Crippen molar-refractivity contribution in [2.24, 2.45) is 0 Å². The molecule has 2 aromatic rings. The maximum Gasteiger partial charge on any atom is 0.264 e. The first-order valence-corrected chi connectivity index (χ1v) is 7.86. The van der Waals surface area contributed by atoms with Crippen LogP contribution in [0.25, 0.3) is 0 Å². The van der Waals surface area contributed by atoms with Gasteiger partial charge in [-0.2, -0.15) is 0 Å². The van der Waals surface area contributed by atoms with Gasteiger partial charge in [0.1, 0.15) is 5.75 Å². The molecule has 0 saturated carbocycles. The minimum atomic E-state index is -3.70. The molecular weight excluding hydrogens is 312 g/mol. The van der Waals surface area contributed by atoms with E-state index in [2.05, 4.69) is 0 Å². The lowest BCUT2D eigenvalue weighted by atomic mass is 10.3. The van der Waals surface area contributed by atoms with Crippen LogP contribution in [-0.4, -0.2) is 22.6 Å². The number of nitrogens with zero attached hydrogens (tertiary/aromatic N) is 1. The normalized spacial score (nSPS) is 11.2. The molecule has 7 heteroatoms. The van der Waals surface area contributed by atoms with Crippen molar-refractivity contribution in [1.82, 2.24) is 0 Å². The first-order chi connectivity index (χ1) is 9.86. The second kappa shape index (κ2) is 5.83. The molecule has 0 fully saturated rings. The quantitative estimate of drug-likeness (QED) is 0.877. The highest BCUT2D eigenvalue weighted by Gasteiger charge is 2.22. The SMILES string of the molecule is COc1ccc(N(C)S(=O)(=O)c2ccc(Cl)c(N)c2)cc1. The Morgan fingerprint density at radius 3 is 2.29 bits per heavy atom. The van der Waals surface area contributed by atoms with E-state index in [-0.39, 0.29) is 10.6 Å². The first kappa shape index (κ1) is 15.5. The molecule has 2 rings (SSSR count). The number of hydrogen-bond acceptors (Lipinski definition) is 4. The van der Waals surface area contributed by atoms with Crippen LogP contribution in [0.3, 0.4) is 0 Å². The lowest BCUT2D eigenvalue weighted by Crippen LogP contribution is -2.26. The van der Waals surface area contributed by atoms with Gasteiger partial charge >= 0.3 is 0 Å². The molecule has 5 nitrogen and oxygen atoms in total. The van der Waals surface area contributed by atoms with Crippen molar-refractivity contribution in [2.75, 3.05) is 24.2 Å². The monoisotopic (exact) mass is 326 g/mol. The van der Waals surface area contributed by atoms with E-state index in [9.17, 15) is 8.42 Å². The fourth-order valence-electron chi connectivity index (χ4n) is 1.77. The molecule has 0 unspecified atom stereocenters. The average molecular weight is 327 g/mol. The molecule has 0 atom stereocenters. The Bertz CT molecular complexity index is 745. The molecule has 0 aliphatic heterocycles. The molecule has 2 aromatic carbocycles. The Morgan fingerprint density at radius 1 is 1.14 bits per heavy atom. The van der Waals surface area contributed by atoms with E-state index in [1.807, 2.05) is 0 Å². The lowest BCUT2D eigenvalue weighted by molar-refractivity contribution is 0.415. The Labute approximate surface area is 128 Å². The number of ether oxygens (including phenoxy) is 1. The number of hydrogen-bond donors (Lipinski definition) is 1. The maximum atomic E-state index is 12.5. The fraction of sp³-hybridized carbons (Fsp3) is 0.143. The third-order valence-corrected chi connectivity index (χ3v) is 5.19. The van der Waals surface area contributed by atoms with Crippen LogP contribution in [0.2, 0.25) is 5.02 Å². The Kier molecular flexibility index (Phi) is 4.29. The number of nitrogens with two attached hydrogens (primary N) is 1. The predicted molar refractivity (Wildman–Crippen MR) is 84.4 cm³/mol. The van der Waals surface area contributed by atoms with Crippen LogP contribution >= 0.6 is 11.6 Å². The summed E-state index contributed by atoms with van der Waals surface area (Å²) in [5.41, 5.74) is 6.40. The van der Waals surface area contributed by atoms with E-state index >= 15 is 0 Å². The van der Waals surface area contributed by atoms with E-state index in [0.717, 1.165) is 0 Å². The first-order valence-electron chi connectivity index (χ1n) is 6.04. The van der Waals surface area contributed by atoms with Gasteiger partial charge in [0.2, 0.25) is 0 Å². The highest BCUT2D eigenvalue weighted by molar-refractivity contribution is 7.92. The van der Waals surface area contributed by atoms with Gasteiger partial charge in [-0.25, -0.2) is 8.42 Å². The summed E-state index contributed by atoms with van der Waals surface area (Å²) in [6, 6.07) is 10.9. The Balaban J connectivity index is 2.39. The van der Waals surface area contributed by atoms with Gasteiger partial charge in [-0.3, -0.25) is 4.31 Å². The summed E-state index contributed by atoms with van der Waals surface area (Å²) < 4.78 is 31.3. The Hall–Kier alpha value is -1.92. The summed E-state index contributed by atoms with van der Waals surface area (Å²) in [6.07, 6.45) is 0. The van der Waals surface area contributed by atoms with Gasteiger partial charge in [-0.1, -0.05) is 11.6 Å². The van der Waals surface area contributed by atoms with Gasteiger partial charge in [0.15, 0.2) is 0 Å². The molecule has 0 aliphatic rings. The molecule has 112 valence electrons. The number of sulfonamides is 1. The van der Waals surface area contributed by atoms with Crippen LogP contribution in [0.1, 0.15) is 0 Å². The largest absolute Gasteiger partial charge is 0.497 e. The minimum Gasteiger partial charge on any atom is -0.497 e. The Morgan fingerprint density at radius 2 is 1.76 bits per heavy atom. The molecule has 0 amide bonds. The molecule has 0 aliphatic carbocycles. The molecule has 0 spiro atoms. The van der Waals surface area contributed by atoms with Crippen LogP contribution in [0, 0.1) is 0 Å². The van der Waals surface area contributed by atoms with Crippen LogP contribution in [0.4, 0.5) is 11.4 Å². The minimum absolute atomic E-state index is 0.0859. The third-order valence-electron chi connectivity index (χ3n) is 3.06. The van der Waals surface area contributed by atoms with E-state index in [4.69, 9.17) is 22.1 Å². The highest BCUT2D eigenvalue weighted by atomic mass is 35.5. The van der Waals surface area contributed by atoms with Gasteiger partial charge in [-0.15, -0.1) is 0 Å². The second-order valence-corrected chi connectivity index (χ2v) is 6.73. The van der Waals surface area contributed by atoms with E-state index < -0.39 is 10.0 Å². The third kappa shape index (κ3) is 3.06. The van der Waals surface area contributed by atoms with Crippen LogP contribution in [0.5, 0.6) is 5.75 Å². The zero-order valence-electron chi connectivity index (χ0n) is 11.6. The zero-order chi connectivity index (χ0) is 15.6. The van der Waals surface area contributed by atoms with Gasteiger partial charge < -0.3 is 10.5 Å². The van der Waals surface area contributed by atoms with Crippen molar-refractivity contribution in [3.05, 3.63) is 47.5 Å². The molecule has 0 heterocycles. The summed E-state index contributed by atoms with van der Waals surface area (Å²) in [7, 11) is -0.675. The molecule has 2 N–H and O–H groups in total. The summed E-state index contributed by atoms with van der Waals surface area (Å²) in [5.74, 6) is 0.653. The standard InChI is InChI=1S/C14H15ClN2O3S/c1-17(10-3-5-11(20-2)6-4-10)21(18,19)12-7-8-13(15)14(16)9-12/h3-9H,16H2,1-2H3. The van der Waals surface area contributed by atoms with Crippen LogP contribution in [-0.2, 0) is 10.0 Å². The molecule has 0 radical (unpaired) electrons.